The Kier molecular flexibility index (Phi) is 5.23. The van der Waals surface area contributed by atoms with Crippen LogP contribution in [0.15, 0.2) is 18.2 Å². The predicted octanol–water partition coefficient (Wildman–Crippen LogP) is 4.73. The van der Waals surface area contributed by atoms with Gasteiger partial charge in [-0.25, -0.2) is 0 Å². The van der Waals surface area contributed by atoms with Crippen LogP contribution >= 0.6 is 11.6 Å². The third-order valence-electron chi connectivity index (χ3n) is 2.71. The maximum absolute atomic E-state index is 12.6. The molecule has 0 bridgehead atoms. The highest BCUT2D eigenvalue weighted by molar-refractivity contribution is 6.31. The Morgan fingerprint density at radius 3 is 2.58 bits per heavy atom. The van der Waals surface area contributed by atoms with E-state index in [0.717, 1.165) is 18.6 Å². The van der Waals surface area contributed by atoms with Crippen molar-refractivity contribution in [2.24, 2.45) is 5.92 Å². The van der Waals surface area contributed by atoms with Crippen LogP contribution in [0.5, 0.6) is 0 Å². The summed E-state index contributed by atoms with van der Waals surface area (Å²) < 4.78 is 37.9. The number of rotatable bonds is 4. The first-order chi connectivity index (χ1) is 8.75. The molecule has 1 atom stereocenters. The van der Waals surface area contributed by atoms with Gasteiger partial charge in [0.1, 0.15) is 0 Å². The number of halogens is 4. The first-order valence-electron chi connectivity index (χ1n) is 5.93. The molecule has 0 fully saturated rings. The summed E-state index contributed by atoms with van der Waals surface area (Å²) in [6.45, 7) is 3.67. The molecule has 0 aromatic heterocycles. The first-order valence-corrected chi connectivity index (χ1v) is 6.31. The van der Waals surface area contributed by atoms with Gasteiger partial charge >= 0.3 is 6.18 Å². The van der Waals surface area contributed by atoms with Crippen molar-refractivity contribution < 1.29 is 18.0 Å². The largest absolute Gasteiger partial charge is 0.417 e. The Balaban J connectivity index is 2.89. The molecule has 0 spiro atoms. The van der Waals surface area contributed by atoms with E-state index < -0.39 is 11.7 Å². The van der Waals surface area contributed by atoms with Crippen LogP contribution in [0.2, 0.25) is 5.02 Å². The van der Waals surface area contributed by atoms with Gasteiger partial charge in [-0.15, -0.1) is 0 Å². The van der Waals surface area contributed by atoms with Crippen LogP contribution in [0.1, 0.15) is 32.3 Å². The van der Waals surface area contributed by atoms with Crippen molar-refractivity contribution in [1.82, 2.24) is 0 Å². The summed E-state index contributed by atoms with van der Waals surface area (Å²) >= 11 is 5.50. The van der Waals surface area contributed by atoms with E-state index in [9.17, 15) is 18.0 Å². The van der Waals surface area contributed by atoms with Crippen LogP contribution in [-0.2, 0) is 11.0 Å². The molecule has 19 heavy (non-hydrogen) atoms. The Morgan fingerprint density at radius 1 is 1.42 bits per heavy atom. The number of amides is 1. The van der Waals surface area contributed by atoms with E-state index in [4.69, 9.17) is 11.6 Å². The summed E-state index contributed by atoms with van der Waals surface area (Å²) in [7, 11) is 0. The number of carbonyl (C=O) groups is 1. The average Bonchev–Trinajstić information content (AvgIpc) is 2.30. The van der Waals surface area contributed by atoms with E-state index in [-0.39, 0.29) is 22.5 Å². The molecule has 6 heteroatoms. The van der Waals surface area contributed by atoms with Crippen molar-refractivity contribution in [2.45, 2.75) is 32.9 Å². The summed E-state index contributed by atoms with van der Waals surface area (Å²) in [6.07, 6.45) is -3.01. The molecule has 0 aliphatic heterocycles. The minimum Gasteiger partial charge on any atom is -0.326 e. The molecule has 0 radical (unpaired) electrons. The molecule has 0 saturated heterocycles. The molecule has 1 N–H and O–H groups in total. The molecule has 1 aromatic carbocycles. The molecule has 1 unspecified atom stereocenters. The lowest BCUT2D eigenvalue weighted by Crippen LogP contribution is -2.20. The number of carbonyl (C=O) groups excluding carboxylic acids is 1. The first kappa shape index (κ1) is 15.8. The zero-order valence-corrected chi connectivity index (χ0v) is 11.4. The molecule has 0 aliphatic carbocycles. The van der Waals surface area contributed by atoms with Crippen LogP contribution in [0.25, 0.3) is 0 Å². The van der Waals surface area contributed by atoms with E-state index in [2.05, 4.69) is 5.32 Å². The van der Waals surface area contributed by atoms with Crippen LogP contribution in [0, 0.1) is 5.92 Å². The highest BCUT2D eigenvalue weighted by Gasteiger charge is 2.33. The number of anilines is 1. The lowest BCUT2D eigenvalue weighted by molar-refractivity contribution is -0.137. The van der Waals surface area contributed by atoms with Crippen molar-refractivity contribution in [3.63, 3.8) is 0 Å². The van der Waals surface area contributed by atoms with Crippen molar-refractivity contribution in [3.05, 3.63) is 28.8 Å². The second kappa shape index (κ2) is 6.28. The zero-order chi connectivity index (χ0) is 14.6. The fourth-order valence-electron chi connectivity index (χ4n) is 1.65. The Hall–Kier alpha value is -1.23. The standard InChI is InChI=1S/C13H15ClF3NO/c1-3-4-8(2)12(19)18-9-5-6-11(14)10(7-9)13(15,16)17/h5-8H,3-4H2,1-2H3,(H,18,19). The Morgan fingerprint density at radius 2 is 2.05 bits per heavy atom. The molecular formula is C13H15ClF3NO. The zero-order valence-electron chi connectivity index (χ0n) is 10.6. The quantitative estimate of drug-likeness (QED) is 0.854. The lowest BCUT2D eigenvalue weighted by atomic mass is 10.1. The maximum Gasteiger partial charge on any atom is 0.417 e. The molecule has 0 aliphatic rings. The Bertz CT molecular complexity index is 460. The molecule has 1 rings (SSSR count). The SMILES string of the molecule is CCCC(C)C(=O)Nc1ccc(Cl)c(C(F)(F)F)c1. The van der Waals surface area contributed by atoms with Crippen molar-refractivity contribution in [3.8, 4) is 0 Å². The highest BCUT2D eigenvalue weighted by atomic mass is 35.5. The fraction of sp³-hybridized carbons (Fsp3) is 0.462. The van der Waals surface area contributed by atoms with Crippen molar-refractivity contribution in [2.75, 3.05) is 5.32 Å². The number of nitrogens with one attached hydrogen (secondary N) is 1. The third-order valence-corrected chi connectivity index (χ3v) is 3.04. The fourth-order valence-corrected chi connectivity index (χ4v) is 1.87. The minimum atomic E-state index is -4.53. The number of hydrogen-bond acceptors (Lipinski definition) is 1. The van der Waals surface area contributed by atoms with Crippen molar-refractivity contribution in [1.29, 1.82) is 0 Å². The van der Waals surface area contributed by atoms with Gasteiger partial charge in [0.15, 0.2) is 0 Å². The van der Waals surface area contributed by atoms with E-state index in [0.29, 0.717) is 6.42 Å². The molecule has 2 nitrogen and oxygen atoms in total. The van der Waals surface area contributed by atoms with Gasteiger partial charge in [-0.05, 0) is 24.6 Å². The van der Waals surface area contributed by atoms with E-state index in [1.54, 1.807) is 6.92 Å². The van der Waals surface area contributed by atoms with Crippen LogP contribution in [0.4, 0.5) is 18.9 Å². The minimum absolute atomic E-state index is 0.102. The van der Waals surface area contributed by atoms with Gasteiger partial charge in [-0.2, -0.15) is 13.2 Å². The second-order valence-electron chi connectivity index (χ2n) is 4.37. The van der Waals surface area contributed by atoms with Gasteiger partial charge in [-0.1, -0.05) is 31.9 Å². The molecule has 1 aromatic rings. The van der Waals surface area contributed by atoms with E-state index >= 15 is 0 Å². The van der Waals surface area contributed by atoms with E-state index in [1.165, 1.54) is 6.07 Å². The monoisotopic (exact) mass is 293 g/mol. The summed E-state index contributed by atoms with van der Waals surface area (Å²) in [5, 5.41) is 2.09. The second-order valence-corrected chi connectivity index (χ2v) is 4.78. The number of alkyl halides is 3. The average molecular weight is 294 g/mol. The smallest absolute Gasteiger partial charge is 0.326 e. The van der Waals surface area contributed by atoms with Crippen LogP contribution in [0.3, 0.4) is 0 Å². The molecule has 1 amide bonds. The molecule has 0 heterocycles. The van der Waals surface area contributed by atoms with Crippen LogP contribution < -0.4 is 5.32 Å². The van der Waals surface area contributed by atoms with Gasteiger partial charge in [0.2, 0.25) is 5.91 Å². The molecule has 106 valence electrons. The number of hydrogen-bond donors (Lipinski definition) is 1. The molecule has 0 saturated carbocycles. The normalized spacial score (nSPS) is 13.2. The molecular weight excluding hydrogens is 279 g/mol. The topological polar surface area (TPSA) is 29.1 Å². The predicted molar refractivity (Wildman–Crippen MR) is 69.2 cm³/mol. The summed E-state index contributed by atoms with van der Waals surface area (Å²) in [5.41, 5.74) is -0.847. The number of benzene rings is 1. The summed E-state index contributed by atoms with van der Waals surface area (Å²) in [5.74, 6) is -0.535. The maximum atomic E-state index is 12.6. The van der Waals surface area contributed by atoms with Crippen molar-refractivity contribution >= 4 is 23.2 Å². The summed E-state index contributed by atoms with van der Waals surface area (Å²) in [6, 6.07) is 3.33. The lowest BCUT2D eigenvalue weighted by Gasteiger charge is -2.14. The van der Waals surface area contributed by atoms with Gasteiger partial charge in [-0.3, -0.25) is 4.79 Å². The van der Waals surface area contributed by atoms with Gasteiger partial charge < -0.3 is 5.32 Å². The third kappa shape index (κ3) is 4.42. The van der Waals surface area contributed by atoms with Gasteiger partial charge in [0.25, 0.3) is 0 Å². The van der Waals surface area contributed by atoms with Crippen LogP contribution in [-0.4, -0.2) is 5.91 Å². The van der Waals surface area contributed by atoms with Gasteiger partial charge in [0.05, 0.1) is 10.6 Å². The highest BCUT2D eigenvalue weighted by Crippen LogP contribution is 2.36. The van der Waals surface area contributed by atoms with E-state index in [1.807, 2.05) is 6.92 Å². The summed E-state index contributed by atoms with van der Waals surface area (Å²) in [4.78, 5) is 11.7. The van der Waals surface area contributed by atoms with Gasteiger partial charge in [0, 0.05) is 11.6 Å². The Labute approximate surface area is 114 Å².